The number of rotatable bonds is 4. The number of hydrogen-bond donors (Lipinski definition) is 1. The summed E-state index contributed by atoms with van der Waals surface area (Å²) in [7, 11) is 1.76. The Kier molecular flexibility index (Phi) is 5.53. The number of alkyl halides is 3. The summed E-state index contributed by atoms with van der Waals surface area (Å²) in [4.78, 5) is 0. The van der Waals surface area contributed by atoms with Crippen LogP contribution in [0, 0.1) is 11.3 Å². The van der Waals surface area contributed by atoms with Crippen molar-refractivity contribution < 1.29 is 17.9 Å². The minimum absolute atomic E-state index is 0.210. The van der Waals surface area contributed by atoms with Crippen molar-refractivity contribution in [2.75, 3.05) is 13.6 Å². The van der Waals surface area contributed by atoms with Crippen LogP contribution in [0.4, 0.5) is 13.2 Å². The van der Waals surface area contributed by atoms with E-state index in [1.807, 2.05) is 0 Å². The summed E-state index contributed by atoms with van der Waals surface area (Å²) in [6, 6.07) is 0. The Morgan fingerprint density at radius 2 is 1.70 bits per heavy atom. The highest BCUT2D eigenvalue weighted by molar-refractivity contribution is 4.93. The molecule has 1 N–H and O–H groups in total. The molecule has 1 saturated carbocycles. The summed E-state index contributed by atoms with van der Waals surface area (Å²) in [6.07, 6.45) is -2.76. The number of halogens is 3. The van der Waals surface area contributed by atoms with E-state index in [4.69, 9.17) is 4.74 Å². The zero-order chi connectivity index (χ0) is 15.6. The molecule has 0 aromatic rings. The van der Waals surface area contributed by atoms with Crippen molar-refractivity contribution in [3.63, 3.8) is 0 Å². The van der Waals surface area contributed by atoms with E-state index in [1.54, 1.807) is 7.05 Å². The van der Waals surface area contributed by atoms with Crippen molar-refractivity contribution in [1.82, 2.24) is 5.32 Å². The molecular weight excluding hydrogens is 267 g/mol. The molecule has 1 aliphatic rings. The van der Waals surface area contributed by atoms with Crippen LogP contribution in [0.3, 0.4) is 0 Å². The van der Waals surface area contributed by atoms with Crippen molar-refractivity contribution in [3.05, 3.63) is 0 Å². The van der Waals surface area contributed by atoms with E-state index in [9.17, 15) is 13.2 Å². The molecule has 0 spiro atoms. The van der Waals surface area contributed by atoms with Crippen LogP contribution in [0.15, 0.2) is 0 Å². The third-order valence-electron chi connectivity index (χ3n) is 4.51. The van der Waals surface area contributed by atoms with E-state index < -0.39 is 17.9 Å². The normalized spacial score (nSPS) is 30.3. The standard InChI is InChI=1S/C15H28F3NO/c1-11(15(16,17)18)20-14(10-19-5)8-6-12(7-9-14)13(2,3)4/h11-12,19H,6-10H2,1-5H3. The molecule has 0 saturated heterocycles. The second kappa shape index (κ2) is 6.22. The second-order valence-corrected chi connectivity index (χ2v) is 7.16. The summed E-state index contributed by atoms with van der Waals surface area (Å²) in [5, 5.41) is 3.00. The van der Waals surface area contributed by atoms with Gasteiger partial charge in [-0.25, -0.2) is 0 Å². The zero-order valence-electron chi connectivity index (χ0n) is 13.2. The molecule has 0 radical (unpaired) electrons. The lowest BCUT2D eigenvalue weighted by Crippen LogP contribution is -2.50. The van der Waals surface area contributed by atoms with Gasteiger partial charge in [-0.2, -0.15) is 13.2 Å². The Morgan fingerprint density at radius 1 is 1.20 bits per heavy atom. The van der Waals surface area contributed by atoms with Crippen LogP contribution in [0.25, 0.3) is 0 Å². The molecule has 120 valence electrons. The van der Waals surface area contributed by atoms with Crippen LogP contribution in [0.2, 0.25) is 0 Å². The third kappa shape index (κ3) is 4.62. The van der Waals surface area contributed by atoms with E-state index in [0.29, 0.717) is 25.3 Å². The van der Waals surface area contributed by atoms with Gasteiger partial charge in [0, 0.05) is 6.54 Å². The van der Waals surface area contributed by atoms with Crippen molar-refractivity contribution in [2.24, 2.45) is 11.3 Å². The first kappa shape index (κ1) is 17.8. The number of likely N-dealkylation sites (N-methyl/N-ethyl adjacent to an activating group) is 1. The Labute approximate surface area is 120 Å². The Hall–Kier alpha value is -0.290. The molecule has 0 aliphatic heterocycles. The van der Waals surface area contributed by atoms with Gasteiger partial charge in [0.05, 0.1) is 5.60 Å². The van der Waals surface area contributed by atoms with Gasteiger partial charge in [-0.05, 0) is 51.0 Å². The Balaban J connectivity index is 2.72. The molecule has 1 fully saturated rings. The summed E-state index contributed by atoms with van der Waals surface area (Å²) >= 11 is 0. The van der Waals surface area contributed by atoms with Crippen molar-refractivity contribution in [2.45, 2.75) is 71.3 Å². The Bertz CT molecular complexity index is 301. The average Bonchev–Trinajstić information content (AvgIpc) is 2.27. The highest BCUT2D eigenvalue weighted by atomic mass is 19.4. The van der Waals surface area contributed by atoms with Crippen molar-refractivity contribution >= 4 is 0 Å². The molecule has 0 heterocycles. The predicted octanol–water partition coefficient (Wildman–Crippen LogP) is 4.15. The van der Waals surface area contributed by atoms with Crippen LogP contribution in [0.1, 0.15) is 53.4 Å². The largest absolute Gasteiger partial charge is 0.414 e. The summed E-state index contributed by atoms with van der Waals surface area (Å²) in [5.41, 5.74) is -0.465. The van der Waals surface area contributed by atoms with Gasteiger partial charge in [0.25, 0.3) is 0 Å². The minimum atomic E-state index is -4.29. The van der Waals surface area contributed by atoms with Crippen LogP contribution in [0.5, 0.6) is 0 Å². The molecule has 1 atom stereocenters. The molecule has 0 amide bonds. The number of nitrogens with one attached hydrogen (secondary N) is 1. The number of hydrogen-bond acceptors (Lipinski definition) is 2. The van der Waals surface area contributed by atoms with Crippen molar-refractivity contribution in [3.8, 4) is 0 Å². The lowest BCUT2D eigenvalue weighted by Gasteiger charge is -2.45. The van der Waals surface area contributed by atoms with Gasteiger partial charge in [0.15, 0.2) is 6.10 Å². The fourth-order valence-corrected chi connectivity index (χ4v) is 3.11. The van der Waals surface area contributed by atoms with Crippen LogP contribution < -0.4 is 5.32 Å². The first-order valence-electron chi connectivity index (χ1n) is 7.39. The van der Waals surface area contributed by atoms with E-state index in [1.165, 1.54) is 0 Å². The first-order chi connectivity index (χ1) is 9.00. The van der Waals surface area contributed by atoms with Crippen LogP contribution >= 0.6 is 0 Å². The third-order valence-corrected chi connectivity index (χ3v) is 4.51. The monoisotopic (exact) mass is 295 g/mol. The van der Waals surface area contributed by atoms with Crippen LogP contribution in [-0.4, -0.2) is 31.5 Å². The van der Waals surface area contributed by atoms with Gasteiger partial charge in [0.1, 0.15) is 0 Å². The second-order valence-electron chi connectivity index (χ2n) is 7.16. The molecule has 0 aromatic heterocycles. The quantitative estimate of drug-likeness (QED) is 0.841. The van der Waals surface area contributed by atoms with Crippen molar-refractivity contribution in [1.29, 1.82) is 0 Å². The highest BCUT2D eigenvalue weighted by Gasteiger charge is 2.45. The summed E-state index contributed by atoms with van der Waals surface area (Å²) in [5.74, 6) is 0.553. The topological polar surface area (TPSA) is 21.3 Å². The molecule has 1 aliphatic carbocycles. The molecule has 1 unspecified atom stereocenters. The molecule has 5 heteroatoms. The molecule has 0 aromatic carbocycles. The highest BCUT2D eigenvalue weighted by Crippen LogP contribution is 2.44. The SMILES string of the molecule is CNCC1(OC(C)C(F)(F)F)CCC(C(C)(C)C)CC1. The van der Waals surface area contributed by atoms with E-state index >= 15 is 0 Å². The zero-order valence-corrected chi connectivity index (χ0v) is 13.2. The smallest absolute Gasteiger partial charge is 0.361 e. The first-order valence-corrected chi connectivity index (χ1v) is 7.39. The summed E-state index contributed by atoms with van der Waals surface area (Å²) < 4.78 is 43.7. The maximum Gasteiger partial charge on any atom is 0.414 e. The summed E-state index contributed by atoms with van der Waals surface area (Å²) in [6.45, 7) is 8.17. The number of ether oxygens (including phenoxy) is 1. The van der Waals surface area contributed by atoms with E-state index in [0.717, 1.165) is 19.8 Å². The maximum absolute atomic E-state index is 12.7. The Morgan fingerprint density at radius 3 is 2.05 bits per heavy atom. The van der Waals surface area contributed by atoms with E-state index in [2.05, 4.69) is 26.1 Å². The lowest BCUT2D eigenvalue weighted by molar-refractivity contribution is -0.253. The molecule has 0 bridgehead atoms. The van der Waals surface area contributed by atoms with Gasteiger partial charge in [-0.3, -0.25) is 0 Å². The molecule has 20 heavy (non-hydrogen) atoms. The molecular formula is C15H28F3NO. The van der Waals surface area contributed by atoms with E-state index in [-0.39, 0.29) is 5.41 Å². The van der Waals surface area contributed by atoms with Gasteiger partial charge in [-0.15, -0.1) is 0 Å². The van der Waals surface area contributed by atoms with Gasteiger partial charge >= 0.3 is 6.18 Å². The lowest BCUT2D eigenvalue weighted by atomic mass is 9.68. The molecule has 1 rings (SSSR count). The fourth-order valence-electron chi connectivity index (χ4n) is 3.11. The average molecular weight is 295 g/mol. The van der Waals surface area contributed by atoms with Gasteiger partial charge < -0.3 is 10.1 Å². The predicted molar refractivity (Wildman–Crippen MR) is 74.7 cm³/mol. The molecule has 2 nitrogen and oxygen atoms in total. The van der Waals surface area contributed by atoms with Crippen LogP contribution in [-0.2, 0) is 4.74 Å². The fraction of sp³-hybridized carbons (Fsp3) is 1.00. The van der Waals surface area contributed by atoms with Gasteiger partial charge in [0.2, 0.25) is 0 Å². The minimum Gasteiger partial charge on any atom is -0.361 e. The van der Waals surface area contributed by atoms with Gasteiger partial charge in [-0.1, -0.05) is 20.8 Å². The maximum atomic E-state index is 12.7.